The van der Waals surface area contributed by atoms with Crippen LogP contribution in [0.5, 0.6) is 0 Å². The van der Waals surface area contributed by atoms with E-state index >= 15 is 0 Å². The van der Waals surface area contributed by atoms with Crippen LogP contribution < -0.4 is 5.32 Å². The second-order valence-corrected chi connectivity index (χ2v) is 3.43. The highest BCUT2D eigenvalue weighted by atomic mass is 16.4. The summed E-state index contributed by atoms with van der Waals surface area (Å²) in [7, 11) is 0. The van der Waals surface area contributed by atoms with Gasteiger partial charge in [0.2, 0.25) is 0 Å². The molecule has 0 atom stereocenters. The zero-order valence-electron chi connectivity index (χ0n) is 9.06. The summed E-state index contributed by atoms with van der Waals surface area (Å²) in [6.07, 6.45) is 0. The number of aliphatic carboxylic acids is 1. The Hall–Kier alpha value is -2.37. The van der Waals surface area contributed by atoms with Gasteiger partial charge >= 0.3 is 11.9 Å². The van der Waals surface area contributed by atoms with Gasteiger partial charge in [0.15, 0.2) is 0 Å². The Morgan fingerprint density at radius 2 is 1.82 bits per heavy atom. The van der Waals surface area contributed by atoms with Crippen molar-refractivity contribution >= 4 is 17.8 Å². The standard InChI is InChI=1S/C11H11NO5/c1-6-2-3-7(8(4-6)11(16)17)10(15)12-5-9(13)14/h2-4H,5H2,1H3,(H,12,15)(H,13,14)(H,16,17). The molecule has 0 radical (unpaired) electrons. The van der Waals surface area contributed by atoms with E-state index in [-0.39, 0.29) is 11.1 Å². The first kappa shape index (κ1) is 12.7. The number of amides is 1. The Morgan fingerprint density at radius 3 is 2.35 bits per heavy atom. The van der Waals surface area contributed by atoms with Crippen LogP contribution in [0.25, 0.3) is 0 Å². The highest BCUT2D eigenvalue weighted by molar-refractivity contribution is 6.05. The maximum absolute atomic E-state index is 11.5. The van der Waals surface area contributed by atoms with Gasteiger partial charge in [-0.3, -0.25) is 9.59 Å². The number of aromatic carboxylic acids is 1. The average molecular weight is 237 g/mol. The van der Waals surface area contributed by atoms with Crippen LogP contribution in [0.4, 0.5) is 0 Å². The number of rotatable bonds is 4. The van der Waals surface area contributed by atoms with Crippen molar-refractivity contribution in [2.75, 3.05) is 6.54 Å². The van der Waals surface area contributed by atoms with E-state index in [1.54, 1.807) is 13.0 Å². The van der Waals surface area contributed by atoms with E-state index in [1.165, 1.54) is 12.1 Å². The molecule has 3 N–H and O–H groups in total. The number of aryl methyl sites for hydroxylation is 1. The molecule has 0 spiro atoms. The van der Waals surface area contributed by atoms with Crippen LogP contribution in [0, 0.1) is 6.92 Å². The fourth-order valence-electron chi connectivity index (χ4n) is 1.28. The van der Waals surface area contributed by atoms with E-state index in [9.17, 15) is 14.4 Å². The molecule has 1 rings (SSSR count). The minimum atomic E-state index is -1.23. The Bertz CT molecular complexity index is 481. The minimum absolute atomic E-state index is 0.0515. The first-order valence-electron chi connectivity index (χ1n) is 4.75. The van der Waals surface area contributed by atoms with E-state index in [4.69, 9.17) is 10.2 Å². The van der Waals surface area contributed by atoms with E-state index in [2.05, 4.69) is 5.32 Å². The van der Waals surface area contributed by atoms with Crippen LogP contribution in [-0.2, 0) is 4.79 Å². The van der Waals surface area contributed by atoms with E-state index in [1.807, 2.05) is 0 Å². The highest BCUT2D eigenvalue weighted by Crippen LogP contribution is 2.11. The third-order valence-electron chi connectivity index (χ3n) is 2.05. The molecule has 0 saturated carbocycles. The third-order valence-corrected chi connectivity index (χ3v) is 2.05. The highest BCUT2D eigenvalue weighted by Gasteiger charge is 2.16. The number of hydrogen-bond acceptors (Lipinski definition) is 3. The predicted octanol–water partition coefficient (Wildman–Crippen LogP) is 0.508. The Labute approximate surface area is 96.9 Å². The fraction of sp³-hybridized carbons (Fsp3) is 0.182. The summed E-state index contributed by atoms with van der Waals surface area (Å²) in [6.45, 7) is 1.15. The van der Waals surface area contributed by atoms with Crippen molar-refractivity contribution in [3.8, 4) is 0 Å². The first-order chi connectivity index (χ1) is 7.91. The lowest BCUT2D eigenvalue weighted by Gasteiger charge is -2.06. The zero-order chi connectivity index (χ0) is 13.0. The van der Waals surface area contributed by atoms with Gasteiger partial charge < -0.3 is 15.5 Å². The molecule has 0 bridgehead atoms. The van der Waals surface area contributed by atoms with Crippen molar-refractivity contribution in [2.45, 2.75) is 6.92 Å². The van der Waals surface area contributed by atoms with Crippen molar-refractivity contribution in [3.63, 3.8) is 0 Å². The summed E-state index contributed by atoms with van der Waals surface area (Å²) in [6, 6.07) is 4.30. The van der Waals surface area contributed by atoms with Crippen molar-refractivity contribution in [1.29, 1.82) is 0 Å². The van der Waals surface area contributed by atoms with Gasteiger partial charge in [0.1, 0.15) is 6.54 Å². The van der Waals surface area contributed by atoms with E-state index in [0.29, 0.717) is 5.56 Å². The Kier molecular flexibility index (Phi) is 3.82. The number of hydrogen-bond donors (Lipinski definition) is 3. The molecular formula is C11H11NO5. The smallest absolute Gasteiger partial charge is 0.336 e. The van der Waals surface area contributed by atoms with Gasteiger partial charge in [0.25, 0.3) is 5.91 Å². The van der Waals surface area contributed by atoms with Crippen molar-refractivity contribution < 1.29 is 24.6 Å². The first-order valence-corrected chi connectivity index (χ1v) is 4.75. The second kappa shape index (κ2) is 5.11. The van der Waals surface area contributed by atoms with Crippen LogP contribution in [0.1, 0.15) is 26.3 Å². The summed E-state index contributed by atoms with van der Waals surface area (Å²) in [5.74, 6) is -3.14. The van der Waals surface area contributed by atoms with Crippen LogP contribution in [0.2, 0.25) is 0 Å². The monoisotopic (exact) mass is 237 g/mol. The lowest BCUT2D eigenvalue weighted by molar-refractivity contribution is -0.135. The number of carboxylic acids is 2. The largest absolute Gasteiger partial charge is 0.480 e. The maximum Gasteiger partial charge on any atom is 0.336 e. The van der Waals surface area contributed by atoms with Gasteiger partial charge in [-0.1, -0.05) is 11.6 Å². The molecular weight excluding hydrogens is 226 g/mol. The van der Waals surface area contributed by atoms with Crippen molar-refractivity contribution in [2.24, 2.45) is 0 Å². The number of carbonyl (C=O) groups excluding carboxylic acids is 1. The summed E-state index contributed by atoms with van der Waals surface area (Å²) in [5, 5.41) is 19.4. The molecule has 90 valence electrons. The summed E-state index contributed by atoms with van der Waals surface area (Å²) in [4.78, 5) is 32.7. The molecule has 1 aromatic carbocycles. The van der Waals surface area contributed by atoms with Gasteiger partial charge in [0, 0.05) is 0 Å². The van der Waals surface area contributed by atoms with Crippen molar-refractivity contribution in [1.82, 2.24) is 5.32 Å². The van der Waals surface area contributed by atoms with Gasteiger partial charge in [-0.15, -0.1) is 0 Å². The number of carbonyl (C=O) groups is 3. The Balaban J connectivity index is 3.00. The molecule has 0 fully saturated rings. The van der Waals surface area contributed by atoms with Gasteiger partial charge in [-0.2, -0.15) is 0 Å². The van der Waals surface area contributed by atoms with Gasteiger partial charge in [-0.05, 0) is 19.1 Å². The molecule has 0 unspecified atom stereocenters. The number of carboxylic acid groups (broad SMARTS) is 2. The van der Waals surface area contributed by atoms with Crippen molar-refractivity contribution in [3.05, 3.63) is 34.9 Å². The molecule has 0 aliphatic carbocycles. The second-order valence-electron chi connectivity index (χ2n) is 3.43. The van der Waals surface area contributed by atoms with Gasteiger partial charge in [0.05, 0.1) is 11.1 Å². The third kappa shape index (κ3) is 3.30. The lowest BCUT2D eigenvalue weighted by Crippen LogP contribution is -2.30. The number of benzene rings is 1. The molecule has 1 amide bonds. The minimum Gasteiger partial charge on any atom is -0.480 e. The summed E-state index contributed by atoms with van der Waals surface area (Å²) < 4.78 is 0. The van der Waals surface area contributed by atoms with Crippen LogP contribution in [0.15, 0.2) is 18.2 Å². The molecule has 1 aromatic rings. The zero-order valence-corrected chi connectivity index (χ0v) is 9.06. The van der Waals surface area contributed by atoms with Crippen LogP contribution >= 0.6 is 0 Å². The van der Waals surface area contributed by atoms with Crippen LogP contribution in [-0.4, -0.2) is 34.6 Å². The molecule has 6 heteroatoms. The molecule has 0 aliphatic heterocycles. The predicted molar refractivity (Wildman–Crippen MR) is 58.1 cm³/mol. The molecule has 17 heavy (non-hydrogen) atoms. The average Bonchev–Trinajstić information content (AvgIpc) is 2.25. The normalized spacial score (nSPS) is 9.71. The lowest BCUT2D eigenvalue weighted by atomic mass is 10.0. The Morgan fingerprint density at radius 1 is 1.18 bits per heavy atom. The fourth-order valence-corrected chi connectivity index (χ4v) is 1.28. The number of nitrogens with one attached hydrogen (secondary N) is 1. The SMILES string of the molecule is Cc1ccc(C(=O)NCC(=O)O)c(C(=O)O)c1. The topological polar surface area (TPSA) is 104 Å². The molecule has 6 nitrogen and oxygen atoms in total. The summed E-state index contributed by atoms with van der Waals surface area (Å²) >= 11 is 0. The van der Waals surface area contributed by atoms with E-state index in [0.717, 1.165) is 0 Å². The maximum atomic E-state index is 11.5. The molecule has 0 aromatic heterocycles. The summed E-state index contributed by atoms with van der Waals surface area (Å²) in [5.41, 5.74) is 0.509. The molecule has 0 saturated heterocycles. The van der Waals surface area contributed by atoms with Gasteiger partial charge in [-0.25, -0.2) is 4.79 Å². The van der Waals surface area contributed by atoms with E-state index < -0.39 is 24.4 Å². The van der Waals surface area contributed by atoms with Crippen LogP contribution in [0.3, 0.4) is 0 Å². The molecule has 0 aliphatic rings. The molecule has 0 heterocycles. The quantitative estimate of drug-likeness (QED) is 0.707.